The molecule has 0 spiro atoms. The van der Waals surface area contributed by atoms with Crippen LogP contribution in [0.1, 0.15) is 51.3 Å². The Morgan fingerprint density at radius 2 is 1.12 bits per heavy atom. The molecule has 14 rings (SSSR count). The van der Waals surface area contributed by atoms with Crippen molar-refractivity contribution in [2.24, 2.45) is 0 Å². The summed E-state index contributed by atoms with van der Waals surface area (Å²) in [5.41, 5.74) is 23.7. The third kappa shape index (κ3) is 5.69. The van der Waals surface area contributed by atoms with Crippen molar-refractivity contribution in [2.45, 2.75) is 45.4 Å². The molecule has 69 heavy (non-hydrogen) atoms. The maximum atomic E-state index is 2.72. The van der Waals surface area contributed by atoms with Gasteiger partial charge in [-0.25, -0.2) is 0 Å². The minimum atomic E-state index is -0.244. The Morgan fingerprint density at radius 3 is 1.84 bits per heavy atom. The smallest absolute Gasteiger partial charge is 0.333 e. The average molecular weight is 884 g/mol. The fourth-order valence-electron chi connectivity index (χ4n) is 12.4. The van der Waals surface area contributed by atoms with Crippen LogP contribution < -0.4 is 20.7 Å². The first-order chi connectivity index (χ1) is 33.6. The zero-order chi connectivity index (χ0) is 46.3. The third-order valence-corrected chi connectivity index (χ3v) is 15.6. The van der Waals surface area contributed by atoms with Crippen molar-refractivity contribution < 1.29 is 0 Å². The molecule has 0 saturated heterocycles. The summed E-state index contributed by atoms with van der Waals surface area (Å²) in [6, 6.07) is 79.9. The molecule has 4 heteroatoms. The van der Waals surface area contributed by atoms with Crippen LogP contribution in [0, 0.1) is 0 Å². The van der Waals surface area contributed by atoms with Gasteiger partial charge in [-0.15, -0.1) is 0 Å². The molecule has 0 bridgehead atoms. The molecule has 3 aliphatic rings. The van der Waals surface area contributed by atoms with Crippen molar-refractivity contribution >= 4 is 84.5 Å². The normalized spacial score (nSPS) is 13.9. The van der Waals surface area contributed by atoms with Gasteiger partial charge >= 0.3 is 6.85 Å². The highest BCUT2D eigenvalue weighted by atomic mass is 15.2. The van der Waals surface area contributed by atoms with Crippen LogP contribution in [0.15, 0.2) is 212 Å². The predicted molar refractivity (Wildman–Crippen MR) is 294 cm³/mol. The first-order valence-electron chi connectivity index (χ1n) is 24.5. The largest absolute Gasteiger partial charge is 0.375 e. The monoisotopic (exact) mass is 883 g/mol. The summed E-state index contributed by atoms with van der Waals surface area (Å²) in [6.07, 6.45) is 0. The van der Waals surface area contributed by atoms with E-state index in [0.29, 0.717) is 0 Å². The molecule has 328 valence electrons. The molecule has 1 aromatic heterocycles. The van der Waals surface area contributed by atoms with Gasteiger partial charge in [0.1, 0.15) is 0 Å². The second kappa shape index (κ2) is 14.5. The summed E-state index contributed by atoms with van der Waals surface area (Å²) >= 11 is 0. The Morgan fingerprint density at radius 1 is 0.464 bits per heavy atom. The number of hydrogen-bond donors (Lipinski definition) is 0. The first-order valence-corrected chi connectivity index (χ1v) is 24.5. The molecule has 2 aliphatic heterocycles. The zero-order valence-corrected chi connectivity index (χ0v) is 39.6. The third-order valence-electron chi connectivity index (χ3n) is 15.6. The number of hydrogen-bond acceptors (Lipinski definition) is 2. The summed E-state index contributed by atoms with van der Waals surface area (Å²) < 4.78 is 2.72. The second-order valence-electron chi connectivity index (χ2n) is 20.9. The Kier molecular flexibility index (Phi) is 8.39. The topological polar surface area (TPSA) is 11.4 Å². The lowest BCUT2D eigenvalue weighted by Crippen LogP contribution is -2.57. The zero-order valence-electron chi connectivity index (χ0n) is 39.6. The van der Waals surface area contributed by atoms with E-state index in [1.54, 1.807) is 0 Å². The molecule has 0 amide bonds. The Labute approximate surface area is 404 Å². The molecule has 0 atom stereocenters. The van der Waals surface area contributed by atoms with Gasteiger partial charge in [-0.3, -0.25) is 0 Å². The van der Waals surface area contributed by atoms with Crippen LogP contribution in [-0.2, 0) is 10.8 Å². The average Bonchev–Trinajstić information content (AvgIpc) is 3.82. The minimum Gasteiger partial charge on any atom is -0.375 e. The summed E-state index contributed by atoms with van der Waals surface area (Å²) in [4.78, 5) is 5.07. The van der Waals surface area contributed by atoms with Crippen LogP contribution in [-0.4, -0.2) is 11.3 Å². The van der Waals surface area contributed by atoms with E-state index < -0.39 is 0 Å². The Balaban J connectivity index is 1.17. The highest BCUT2D eigenvalue weighted by Gasteiger charge is 2.48. The van der Waals surface area contributed by atoms with Crippen molar-refractivity contribution in [1.82, 2.24) is 4.48 Å². The molecular weight excluding hydrogens is 834 g/mol. The fourth-order valence-corrected chi connectivity index (χ4v) is 12.4. The maximum absolute atomic E-state index is 2.72. The summed E-state index contributed by atoms with van der Waals surface area (Å²) in [7, 11) is 0. The van der Waals surface area contributed by atoms with E-state index in [-0.39, 0.29) is 17.7 Å². The quantitative estimate of drug-likeness (QED) is 0.160. The van der Waals surface area contributed by atoms with Gasteiger partial charge in [0.15, 0.2) is 0 Å². The van der Waals surface area contributed by atoms with Crippen LogP contribution in [0.5, 0.6) is 0 Å². The number of para-hydroxylation sites is 3. The predicted octanol–water partition coefficient (Wildman–Crippen LogP) is 16.1. The van der Waals surface area contributed by atoms with Gasteiger partial charge in [-0.05, 0) is 133 Å². The highest BCUT2D eigenvalue weighted by molar-refractivity contribution is 6.90. The van der Waals surface area contributed by atoms with Gasteiger partial charge in [0.05, 0.1) is 5.69 Å². The van der Waals surface area contributed by atoms with Gasteiger partial charge < -0.3 is 14.3 Å². The van der Waals surface area contributed by atoms with Crippen molar-refractivity contribution in [3.8, 4) is 33.4 Å². The van der Waals surface area contributed by atoms with Gasteiger partial charge in [-0.2, -0.15) is 0 Å². The van der Waals surface area contributed by atoms with Gasteiger partial charge in [0.25, 0.3) is 0 Å². The van der Waals surface area contributed by atoms with E-state index in [1.165, 1.54) is 111 Å². The highest BCUT2D eigenvalue weighted by Crippen LogP contribution is 2.57. The molecule has 10 aromatic carbocycles. The molecule has 3 heterocycles. The van der Waals surface area contributed by atoms with E-state index in [1.807, 2.05) is 0 Å². The van der Waals surface area contributed by atoms with E-state index in [4.69, 9.17) is 0 Å². The molecule has 1 aliphatic carbocycles. The molecule has 0 fully saturated rings. The molecule has 0 saturated carbocycles. The van der Waals surface area contributed by atoms with Crippen molar-refractivity contribution in [2.75, 3.05) is 9.80 Å². The molecule has 0 N–H and O–H groups in total. The summed E-state index contributed by atoms with van der Waals surface area (Å²) in [6.45, 7) is 11.7. The molecule has 11 aromatic rings. The minimum absolute atomic E-state index is 0.0523. The number of anilines is 6. The number of benzene rings is 10. The van der Waals surface area contributed by atoms with Gasteiger partial charge in [0, 0.05) is 66.8 Å². The lowest BCUT2D eigenvalue weighted by atomic mass is 9.44. The van der Waals surface area contributed by atoms with E-state index in [0.717, 1.165) is 17.1 Å². The molecule has 3 nitrogen and oxygen atoms in total. The maximum Gasteiger partial charge on any atom is 0.333 e. The van der Waals surface area contributed by atoms with Crippen molar-refractivity contribution in [3.05, 3.63) is 229 Å². The standard InChI is InChI=1S/C65H50BN3/c1-64(2,3)44-32-35-56(51(38-44)41-20-9-6-10-21-41)68-58-39-47(67(45-24-11-7-12-25-45)46-26-13-8-14-27-46)33-34-55(58)66-62-59(68)40-54-60(49-28-17-18-31-53(49)65(54,4)5)61(62)50-30-19-29-48-52-36-42-22-15-16-23-43(42)37-57(52)69(66)63(48)50/h6-40H,1-5H3. The molecule has 0 unspecified atom stereocenters. The van der Waals surface area contributed by atoms with Crippen LogP contribution in [0.3, 0.4) is 0 Å². The van der Waals surface area contributed by atoms with Gasteiger partial charge in [0.2, 0.25) is 0 Å². The molecular formula is C65H50BN3. The Hall–Kier alpha value is -8.08. The van der Waals surface area contributed by atoms with E-state index >= 15 is 0 Å². The van der Waals surface area contributed by atoms with E-state index in [9.17, 15) is 0 Å². The van der Waals surface area contributed by atoms with Crippen LogP contribution in [0.4, 0.5) is 34.1 Å². The number of nitrogens with zero attached hydrogens (tertiary/aromatic N) is 3. The van der Waals surface area contributed by atoms with Crippen molar-refractivity contribution in [3.63, 3.8) is 0 Å². The number of rotatable bonds is 5. The van der Waals surface area contributed by atoms with Crippen LogP contribution >= 0.6 is 0 Å². The van der Waals surface area contributed by atoms with Crippen molar-refractivity contribution in [1.29, 1.82) is 0 Å². The number of aromatic nitrogens is 1. The van der Waals surface area contributed by atoms with E-state index in [2.05, 4.69) is 261 Å². The summed E-state index contributed by atoms with van der Waals surface area (Å²) in [5, 5.41) is 5.11. The lowest BCUT2D eigenvalue weighted by molar-refractivity contribution is 0.590. The summed E-state index contributed by atoms with van der Waals surface area (Å²) in [5.74, 6) is 0. The lowest BCUT2D eigenvalue weighted by Gasteiger charge is -2.43. The molecule has 0 radical (unpaired) electrons. The second-order valence-corrected chi connectivity index (χ2v) is 20.9. The fraction of sp³-hybridized carbons (Fsp3) is 0.108. The Bertz CT molecular complexity index is 3880. The number of fused-ring (bicyclic) bond motifs is 12. The van der Waals surface area contributed by atoms with Crippen LogP contribution in [0.2, 0.25) is 0 Å². The SMILES string of the molecule is CC(C)(C)c1ccc(N2c3cc(N(c4ccccc4)c4ccccc4)ccc3B3c4c2cc2c(c4-c4cccc5c6cc7ccccc7cc6n3c45)-c3ccccc3C2(C)C)c(-c2ccccc2)c1. The van der Waals surface area contributed by atoms with Gasteiger partial charge in [-0.1, -0.05) is 180 Å². The van der Waals surface area contributed by atoms with Crippen LogP contribution in [0.25, 0.3) is 66.0 Å². The first kappa shape index (κ1) is 40.0.